The Bertz CT molecular complexity index is 1220. The van der Waals surface area contributed by atoms with Crippen LogP contribution >= 0.6 is 11.6 Å². The first-order chi connectivity index (χ1) is 15.3. The Labute approximate surface area is 188 Å². The lowest BCUT2D eigenvalue weighted by Crippen LogP contribution is -2.40. The van der Waals surface area contributed by atoms with E-state index >= 15 is 0 Å². The zero-order chi connectivity index (χ0) is 23.3. The van der Waals surface area contributed by atoms with Crippen LogP contribution in [0.15, 0.2) is 54.6 Å². The average molecular weight is 454 g/mol. The summed E-state index contributed by atoms with van der Waals surface area (Å²) in [6.45, 7) is 4.21. The molecule has 10 heteroatoms. The second-order valence-electron chi connectivity index (χ2n) is 6.92. The standard InChI is InChI=1S/C22H20ClN5O4/c1-14-19(15(2)27(26-14)13-17-6-3-4-9-20(17)23)10-11-21(29)24-25-22(30)16-7-5-8-18(12-16)28(31)32/h3-12H,13H2,1-2H3,(H,24,29)(H,25,30). The number of carbonyl (C=O) groups is 2. The van der Waals surface area contributed by atoms with Crippen molar-refractivity contribution in [2.24, 2.45) is 0 Å². The lowest BCUT2D eigenvalue weighted by molar-refractivity contribution is -0.384. The molecular formula is C22H20ClN5O4. The van der Waals surface area contributed by atoms with E-state index in [0.717, 1.165) is 28.6 Å². The van der Waals surface area contributed by atoms with Gasteiger partial charge in [-0.3, -0.25) is 35.2 Å². The molecule has 0 aliphatic rings. The maximum absolute atomic E-state index is 12.1. The topological polar surface area (TPSA) is 119 Å². The van der Waals surface area contributed by atoms with Crippen molar-refractivity contribution in [1.29, 1.82) is 0 Å². The third-order valence-corrected chi connectivity index (χ3v) is 5.10. The van der Waals surface area contributed by atoms with Gasteiger partial charge in [-0.1, -0.05) is 35.9 Å². The number of rotatable bonds is 6. The molecule has 0 aliphatic carbocycles. The molecule has 164 valence electrons. The molecular weight excluding hydrogens is 434 g/mol. The Hall–Kier alpha value is -3.98. The van der Waals surface area contributed by atoms with Crippen molar-refractivity contribution in [3.05, 3.63) is 97.8 Å². The number of nitro groups is 1. The number of non-ortho nitro benzene ring substituents is 1. The summed E-state index contributed by atoms with van der Waals surface area (Å²) in [5.74, 6) is -1.24. The van der Waals surface area contributed by atoms with Crippen LogP contribution in [-0.4, -0.2) is 26.5 Å². The van der Waals surface area contributed by atoms with Crippen molar-refractivity contribution in [3.63, 3.8) is 0 Å². The second kappa shape index (κ2) is 9.88. The number of halogens is 1. The molecule has 0 bridgehead atoms. The smallest absolute Gasteiger partial charge is 0.268 e. The molecule has 1 aromatic heterocycles. The fourth-order valence-corrected chi connectivity index (χ4v) is 3.24. The van der Waals surface area contributed by atoms with Gasteiger partial charge in [0.25, 0.3) is 17.5 Å². The number of amides is 2. The third kappa shape index (κ3) is 5.38. The molecule has 0 atom stereocenters. The molecule has 3 aromatic rings. The van der Waals surface area contributed by atoms with E-state index in [4.69, 9.17) is 11.6 Å². The Morgan fingerprint density at radius 1 is 1.16 bits per heavy atom. The highest BCUT2D eigenvalue weighted by Crippen LogP contribution is 2.20. The molecule has 2 aromatic carbocycles. The largest absolute Gasteiger partial charge is 0.270 e. The SMILES string of the molecule is Cc1nn(Cc2ccccc2Cl)c(C)c1C=CC(=O)NNC(=O)c1cccc([N+](=O)[O-])c1. The number of aryl methyl sites for hydroxylation is 1. The van der Waals surface area contributed by atoms with Gasteiger partial charge in [0.2, 0.25) is 0 Å². The van der Waals surface area contributed by atoms with Gasteiger partial charge in [-0.15, -0.1) is 0 Å². The number of hydrazine groups is 1. The summed E-state index contributed by atoms with van der Waals surface area (Å²) in [6, 6.07) is 12.7. The van der Waals surface area contributed by atoms with E-state index < -0.39 is 16.7 Å². The predicted octanol–water partition coefficient (Wildman–Crippen LogP) is 3.58. The molecule has 9 nitrogen and oxygen atoms in total. The maximum atomic E-state index is 12.1. The highest BCUT2D eigenvalue weighted by molar-refractivity contribution is 6.31. The summed E-state index contributed by atoms with van der Waals surface area (Å²) < 4.78 is 1.80. The van der Waals surface area contributed by atoms with Crippen molar-refractivity contribution < 1.29 is 14.5 Å². The van der Waals surface area contributed by atoms with Gasteiger partial charge in [-0.2, -0.15) is 5.10 Å². The Kier molecular flexibility index (Phi) is 7.01. The van der Waals surface area contributed by atoms with Gasteiger partial charge in [-0.25, -0.2) is 0 Å². The van der Waals surface area contributed by atoms with Gasteiger partial charge in [0, 0.05) is 40.1 Å². The molecule has 2 N–H and O–H groups in total. The highest BCUT2D eigenvalue weighted by atomic mass is 35.5. The van der Waals surface area contributed by atoms with Gasteiger partial charge in [0.1, 0.15) is 0 Å². The number of nitrogens with one attached hydrogen (secondary N) is 2. The Balaban J connectivity index is 1.64. The molecule has 0 unspecified atom stereocenters. The van der Waals surface area contributed by atoms with Crippen molar-refractivity contribution >= 4 is 35.2 Å². The molecule has 1 heterocycles. The van der Waals surface area contributed by atoms with Gasteiger partial charge < -0.3 is 0 Å². The number of hydrogen-bond donors (Lipinski definition) is 2. The fraction of sp³-hybridized carbons (Fsp3) is 0.136. The summed E-state index contributed by atoms with van der Waals surface area (Å²) in [5, 5.41) is 16.0. The van der Waals surface area contributed by atoms with Gasteiger partial charge in [0.15, 0.2) is 0 Å². The molecule has 0 saturated carbocycles. The van der Waals surface area contributed by atoms with E-state index in [0.29, 0.717) is 11.6 Å². The first-order valence-electron chi connectivity index (χ1n) is 9.56. The first kappa shape index (κ1) is 22.7. The van der Waals surface area contributed by atoms with Crippen LogP contribution in [0.4, 0.5) is 5.69 Å². The average Bonchev–Trinajstić information content (AvgIpc) is 3.04. The maximum Gasteiger partial charge on any atom is 0.270 e. The van der Waals surface area contributed by atoms with Crippen LogP contribution in [0.1, 0.15) is 32.9 Å². The van der Waals surface area contributed by atoms with Crippen LogP contribution in [-0.2, 0) is 11.3 Å². The predicted molar refractivity (Wildman–Crippen MR) is 120 cm³/mol. The minimum atomic E-state index is -0.671. The minimum Gasteiger partial charge on any atom is -0.268 e. The van der Waals surface area contributed by atoms with E-state index in [-0.39, 0.29) is 11.3 Å². The first-order valence-corrected chi connectivity index (χ1v) is 9.94. The normalized spacial score (nSPS) is 10.8. The quantitative estimate of drug-likeness (QED) is 0.336. The van der Waals surface area contributed by atoms with E-state index in [1.165, 1.54) is 24.3 Å². The Morgan fingerprint density at radius 3 is 2.62 bits per heavy atom. The number of nitrogens with zero attached hydrogens (tertiary/aromatic N) is 3. The molecule has 0 spiro atoms. The number of carbonyl (C=O) groups excluding carboxylic acids is 2. The fourth-order valence-electron chi connectivity index (χ4n) is 3.05. The molecule has 0 radical (unpaired) electrons. The zero-order valence-corrected chi connectivity index (χ0v) is 18.1. The molecule has 0 saturated heterocycles. The molecule has 32 heavy (non-hydrogen) atoms. The third-order valence-electron chi connectivity index (χ3n) is 4.74. The van der Waals surface area contributed by atoms with Crippen molar-refractivity contribution in [3.8, 4) is 0 Å². The van der Waals surface area contributed by atoms with Crippen molar-refractivity contribution in [2.75, 3.05) is 0 Å². The van der Waals surface area contributed by atoms with Crippen molar-refractivity contribution in [1.82, 2.24) is 20.6 Å². The van der Waals surface area contributed by atoms with Crippen LogP contribution in [0.3, 0.4) is 0 Å². The van der Waals surface area contributed by atoms with Gasteiger partial charge in [-0.05, 0) is 37.6 Å². The van der Waals surface area contributed by atoms with Crippen LogP contribution in [0.5, 0.6) is 0 Å². The van der Waals surface area contributed by atoms with Crippen LogP contribution in [0.2, 0.25) is 5.02 Å². The summed E-state index contributed by atoms with van der Waals surface area (Å²) in [6.07, 6.45) is 2.88. The molecule has 2 amide bonds. The Morgan fingerprint density at radius 2 is 1.91 bits per heavy atom. The van der Waals surface area contributed by atoms with Gasteiger partial charge >= 0.3 is 0 Å². The van der Waals surface area contributed by atoms with E-state index in [2.05, 4.69) is 16.0 Å². The zero-order valence-electron chi connectivity index (χ0n) is 17.3. The van der Waals surface area contributed by atoms with Crippen molar-refractivity contribution in [2.45, 2.75) is 20.4 Å². The summed E-state index contributed by atoms with van der Waals surface area (Å²) >= 11 is 6.23. The molecule has 0 aliphatic heterocycles. The molecule has 0 fully saturated rings. The van der Waals surface area contributed by atoms with Crippen LogP contribution in [0.25, 0.3) is 6.08 Å². The number of aromatic nitrogens is 2. The monoisotopic (exact) mass is 453 g/mol. The lowest BCUT2D eigenvalue weighted by Gasteiger charge is -2.07. The molecule has 3 rings (SSSR count). The summed E-state index contributed by atoms with van der Waals surface area (Å²) in [7, 11) is 0. The van der Waals surface area contributed by atoms with Gasteiger partial charge in [0.05, 0.1) is 17.2 Å². The van der Waals surface area contributed by atoms with Crippen LogP contribution in [0, 0.1) is 24.0 Å². The van der Waals surface area contributed by atoms with E-state index in [1.54, 1.807) is 10.8 Å². The van der Waals surface area contributed by atoms with Crippen LogP contribution < -0.4 is 10.9 Å². The van der Waals surface area contributed by atoms with E-state index in [9.17, 15) is 19.7 Å². The lowest BCUT2D eigenvalue weighted by atomic mass is 10.1. The number of nitro benzene ring substituents is 1. The second-order valence-corrected chi connectivity index (χ2v) is 7.32. The highest BCUT2D eigenvalue weighted by Gasteiger charge is 2.13. The van der Waals surface area contributed by atoms with E-state index in [1.807, 2.05) is 38.1 Å². The number of benzene rings is 2. The summed E-state index contributed by atoms with van der Waals surface area (Å²) in [4.78, 5) is 34.5. The number of hydrogen-bond acceptors (Lipinski definition) is 5. The summed E-state index contributed by atoms with van der Waals surface area (Å²) in [5.41, 5.74) is 7.60. The minimum absolute atomic E-state index is 0.0519.